The van der Waals surface area contributed by atoms with Crippen molar-refractivity contribution in [2.75, 3.05) is 18.5 Å². The number of rotatable bonds is 2. The summed E-state index contributed by atoms with van der Waals surface area (Å²) in [5, 5.41) is 3.55. The summed E-state index contributed by atoms with van der Waals surface area (Å²) in [6.45, 7) is 3.23. The molecular formula is C13H16ClNO2. The third kappa shape index (κ3) is 3.20. The van der Waals surface area contributed by atoms with Crippen molar-refractivity contribution in [1.29, 1.82) is 0 Å². The Kier molecular flexibility index (Phi) is 4.02. The maximum Gasteiger partial charge on any atom is 0.229 e. The van der Waals surface area contributed by atoms with Gasteiger partial charge < -0.3 is 10.1 Å². The average Bonchev–Trinajstić information content (AvgIpc) is 2.35. The molecule has 1 aromatic rings. The highest BCUT2D eigenvalue weighted by molar-refractivity contribution is 6.31. The van der Waals surface area contributed by atoms with E-state index in [2.05, 4.69) is 5.32 Å². The van der Waals surface area contributed by atoms with Gasteiger partial charge in [0.2, 0.25) is 5.91 Å². The van der Waals surface area contributed by atoms with Gasteiger partial charge in [-0.2, -0.15) is 0 Å². The number of aryl methyl sites for hydroxylation is 1. The highest BCUT2D eigenvalue weighted by Crippen LogP contribution is 2.22. The lowest BCUT2D eigenvalue weighted by molar-refractivity contribution is -0.123. The Morgan fingerprint density at radius 2 is 2.35 bits per heavy atom. The Labute approximate surface area is 106 Å². The monoisotopic (exact) mass is 253 g/mol. The van der Waals surface area contributed by atoms with Crippen LogP contribution < -0.4 is 5.32 Å². The van der Waals surface area contributed by atoms with Crippen LogP contribution in [0.4, 0.5) is 5.69 Å². The van der Waals surface area contributed by atoms with Crippen molar-refractivity contribution < 1.29 is 9.53 Å². The third-order valence-electron chi connectivity index (χ3n) is 2.99. The van der Waals surface area contributed by atoms with Crippen molar-refractivity contribution >= 4 is 23.2 Å². The van der Waals surface area contributed by atoms with Crippen molar-refractivity contribution in [3.8, 4) is 0 Å². The molecule has 0 spiro atoms. The normalized spacial score (nSPS) is 20.0. The van der Waals surface area contributed by atoms with Crippen LogP contribution >= 0.6 is 11.6 Å². The maximum absolute atomic E-state index is 12.0. The lowest BCUT2D eigenvalue weighted by Crippen LogP contribution is -2.30. The predicted octanol–water partition coefficient (Wildman–Crippen LogP) is 3.01. The number of amides is 1. The molecule has 0 bridgehead atoms. The molecule has 1 fully saturated rings. The van der Waals surface area contributed by atoms with E-state index in [9.17, 15) is 4.79 Å². The zero-order valence-electron chi connectivity index (χ0n) is 9.83. The number of hydrogen-bond acceptors (Lipinski definition) is 2. The molecule has 3 nitrogen and oxygen atoms in total. The number of hydrogen-bond donors (Lipinski definition) is 1. The zero-order valence-corrected chi connectivity index (χ0v) is 10.6. The van der Waals surface area contributed by atoms with Gasteiger partial charge in [-0.1, -0.05) is 17.7 Å². The van der Waals surface area contributed by atoms with Crippen LogP contribution in [0.3, 0.4) is 0 Å². The minimum absolute atomic E-state index is 0.0232. The Morgan fingerprint density at radius 1 is 1.53 bits per heavy atom. The van der Waals surface area contributed by atoms with Crippen molar-refractivity contribution in [2.24, 2.45) is 5.92 Å². The molecule has 1 aliphatic rings. The molecule has 1 heterocycles. The Bertz CT molecular complexity index is 414. The number of nitrogens with one attached hydrogen (secondary N) is 1. The SMILES string of the molecule is Cc1ccc(Cl)cc1NC(=O)C1CCCOC1. The van der Waals surface area contributed by atoms with E-state index in [1.165, 1.54) is 0 Å². The minimum atomic E-state index is -0.0397. The van der Waals surface area contributed by atoms with Crippen molar-refractivity contribution in [3.05, 3.63) is 28.8 Å². The van der Waals surface area contributed by atoms with E-state index in [-0.39, 0.29) is 11.8 Å². The number of carbonyl (C=O) groups is 1. The highest BCUT2D eigenvalue weighted by Gasteiger charge is 2.22. The van der Waals surface area contributed by atoms with Gasteiger partial charge in [0.25, 0.3) is 0 Å². The second kappa shape index (κ2) is 5.52. The van der Waals surface area contributed by atoms with Crippen LogP contribution in [0.1, 0.15) is 18.4 Å². The fourth-order valence-corrected chi connectivity index (χ4v) is 2.08. The van der Waals surface area contributed by atoms with Gasteiger partial charge in [0.1, 0.15) is 0 Å². The lowest BCUT2D eigenvalue weighted by atomic mass is 10.0. The summed E-state index contributed by atoms with van der Waals surface area (Å²) in [6, 6.07) is 5.49. The van der Waals surface area contributed by atoms with E-state index in [1.54, 1.807) is 6.07 Å². The Balaban J connectivity index is 2.04. The quantitative estimate of drug-likeness (QED) is 0.880. The summed E-state index contributed by atoms with van der Waals surface area (Å²) in [5.74, 6) is -0.0165. The first-order chi connectivity index (χ1) is 8.16. The van der Waals surface area contributed by atoms with Crippen molar-refractivity contribution in [2.45, 2.75) is 19.8 Å². The smallest absolute Gasteiger partial charge is 0.229 e. The second-order valence-corrected chi connectivity index (χ2v) is 4.80. The van der Waals surface area contributed by atoms with E-state index in [0.717, 1.165) is 30.7 Å². The molecule has 1 aromatic carbocycles. The molecular weight excluding hydrogens is 238 g/mol. The minimum Gasteiger partial charge on any atom is -0.381 e. The summed E-state index contributed by atoms with van der Waals surface area (Å²) in [6.07, 6.45) is 1.85. The molecule has 1 saturated heterocycles. The molecule has 0 aliphatic carbocycles. The maximum atomic E-state index is 12.0. The van der Waals surface area contributed by atoms with E-state index >= 15 is 0 Å². The molecule has 0 saturated carbocycles. The fraction of sp³-hybridized carbons (Fsp3) is 0.462. The number of carbonyl (C=O) groups excluding carboxylic acids is 1. The third-order valence-corrected chi connectivity index (χ3v) is 3.22. The first kappa shape index (κ1) is 12.4. The summed E-state index contributed by atoms with van der Waals surface area (Å²) in [4.78, 5) is 12.0. The van der Waals surface area contributed by atoms with Gasteiger partial charge in [0.05, 0.1) is 12.5 Å². The molecule has 4 heteroatoms. The molecule has 1 aliphatic heterocycles. The number of ether oxygens (including phenoxy) is 1. The molecule has 17 heavy (non-hydrogen) atoms. The van der Waals surface area contributed by atoms with Crippen LogP contribution in [0.2, 0.25) is 5.02 Å². The fourth-order valence-electron chi connectivity index (χ4n) is 1.91. The second-order valence-electron chi connectivity index (χ2n) is 4.36. The molecule has 0 aromatic heterocycles. The number of benzene rings is 1. The first-order valence-electron chi connectivity index (χ1n) is 5.81. The Hall–Kier alpha value is -1.06. The van der Waals surface area contributed by atoms with E-state index in [4.69, 9.17) is 16.3 Å². The van der Waals surface area contributed by atoms with E-state index in [1.807, 2.05) is 19.1 Å². The van der Waals surface area contributed by atoms with Gasteiger partial charge in [0, 0.05) is 17.3 Å². The molecule has 1 amide bonds. The number of anilines is 1. The van der Waals surface area contributed by atoms with Crippen LogP contribution in [0.15, 0.2) is 18.2 Å². The Morgan fingerprint density at radius 3 is 3.06 bits per heavy atom. The van der Waals surface area contributed by atoms with Crippen molar-refractivity contribution in [1.82, 2.24) is 0 Å². The van der Waals surface area contributed by atoms with Crippen LogP contribution in [-0.4, -0.2) is 19.1 Å². The topological polar surface area (TPSA) is 38.3 Å². The van der Waals surface area contributed by atoms with Crippen LogP contribution in [0.25, 0.3) is 0 Å². The van der Waals surface area contributed by atoms with Gasteiger partial charge in [-0.15, -0.1) is 0 Å². The summed E-state index contributed by atoms with van der Waals surface area (Å²) in [7, 11) is 0. The molecule has 1 unspecified atom stereocenters. The van der Waals surface area contributed by atoms with Crippen LogP contribution in [0, 0.1) is 12.8 Å². The first-order valence-corrected chi connectivity index (χ1v) is 6.19. The van der Waals surface area contributed by atoms with Gasteiger partial charge in [-0.3, -0.25) is 4.79 Å². The summed E-state index contributed by atoms with van der Waals surface area (Å²) >= 11 is 5.91. The van der Waals surface area contributed by atoms with Gasteiger partial charge >= 0.3 is 0 Å². The molecule has 1 atom stereocenters. The average molecular weight is 254 g/mol. The largest absolute Gasteiger partial charge is 0.381 e. The summed E-state index contributed by atoms with van der Waals surface area (Å²) in [5.41, 5.74) is 1.80. The standard InChI is InChI=1S/C13H16ClNO2/c1-9-4-5-11(14)7-12(9)15-13(16)10-3-2-6-17-8-10/h4-5,7,10H,2-3,6,8H2,1H3,(H,15,16). The molecule has 92 valence electrons. The number of halogens is 1. The molecule has 2 rings (SSSR count). The van der Waals surface area contributed by atoms with Crippen LogP contribution in [0.5, 0.6) is 0 Å². The van der Waals surface area contributed by atoms with E-state index < -0.39 is 0 Å². The molecule has 1 N–H and O–H groups in total. The summed E-state index contributed by atoms with van der Waals surface area (Å²) < 4.78 is 5.31. The van der Waals surface area contributed by atoms with Gasteiger partial charge in [-0.25, -0.2) is 0 Å². The lowest BCUT2D eigenvalue weighted by Gasteiger charge is -2.21. The van der Waals surface area contributed by atoms with Crippen LogP contribution in [-0.2, 0) is 9.53 Å². The van der Waals surface area contributed by atoms with Crippen molar-refractivity contribution in [3.63, 3.8) is 0 Å². The highest BCUT2D eigenvalue weighted by atomic mass is 35.5. The van der Waals surface area contributed by atoms with E-state index in [0.29, 0.717) is 11.6 Å². The predicted molar refractivity (Wildman–Crippen MR) is 68.4 cm³/mol. The van der Waals surface area contributed by atoms with Gasteiger partial charge in [-0.05, 0) is 37.5 Å². The molecule has 0 radical (unpaired) electrons. The zero-order chi connectivity index (χ0) is 12.3. The van der Waals surface area contributed by atoms with Gasteiger partial charge in [0.15, 0.2) is 0 Å².